The van der Waals surface area contributed by atoms with Crippen molar-refractivity contribution in [3.8, 4) is 0 Å². The fourth-order valence-electron chi connectivity index (χ4n) is 3.00. The topological polar surface area (TPSA) is 79.0 Å². The van der Waals surface area contributed by atoms with Gasteiger partial charge in [0.25, 0.3) is 5.91 Å². The number of nitrogens with zero attached hydrogens (tertiary/aromatic N) is 2. The summed E-state index contributed by atoms with van der Waals surface area (Å²) in [5.41, 5.74) is 2.31. The molecule has 0 aromatic heterocycles. The van der Waals surface area contributed by atoms with Crippen LogP contribution in [-0.4, -0.2) is 66.0 Å². The molecule has 28 heavy (non-hydrogen) atoms. The molecule has 154 valence electrons. The van der Waals surface area contributed by atoms with Gasteiger partial charge in [0.05, 0.1) is 0 Å². The van der Waals surface area contributed by atoms with Gasteiger partial charge in [-0.3, -0.25) is 9.59 Å². The van der Waals surface area contributed by atoms with E-state index in [9.17, 15) is 14.4 Å². The molecule has 0 aliphatic carbocycles. The number of aryl methyl sites for hydroxylation is 2. The molecule has 0 saturated carbocycles. The zero-order valence-corrected chi connectivity index (χ0v) is 17.5. The van der Waals surface area contributed by atoms with E-state index in [0.717, 1.165) is 11.1 Å². The first-order valence-corrected chi connectivity index (χ1v) is 9.68. The van der Waals surface area contributed by atoms with Crippen LogP contribution in [0.1, 0.15) is 48.7 Å². The van der Waals surface area contributed by atoms with Crippen LogP contribution >= 0.6 is 0 Å². The lowest BCUT2D eigenvalue weighted by Gasteiger charge is -2.23. The summed E-state index contributed by atoms with van der Waals surface area (Å²) < 4.78 is 5.14. The molecule has 1 N–H and O–H groups in total. The number of alkyl carbamates (subject to hydrolysis) is 1. The molecule has 0 bridgehead atoms. The molecule has 7 heteroatoms. The Kier molecular flexibility index (Phi) is 7.05. The molecule has 3 amide bonds. The van der Waals surface area contributed by atoms with Gasteiger partial charge in [-0.2, -0.15) is 0 Å². The van der Waals surface area contributed by atoms with E-state index < -0.39 is 11.7 Å². The van der Waals surface area contributed by atoms with E-state index >= 15 is 0 Å². The summed E-state index contributed by atoms with van der Waals surface area (Å²) in [6, 6.07) is 5.72. The first-order chi connectivity index (χ1) is 13.1. The fourth-order valence-corrected chi connectivity index (χ4v) is 3.00. The predicted octanol–water partition coefficient (Wildman–Crippen LogP) is 2.50. The highest BCUT2D eigenvalue weighted by atomic mass is 16.6. The maximum atomic E-state index is 12.8. The summed E-state index contributed by atoms with van der Waals surface area (Å²) in [6.45, 7) is 11.3. The number of carbonyl (C=O) groups excluding carboxylic acids is 3. The zero-order valence-electron chi connectivity index (χ0n) is 17.5. The van der Waals surface area contributed by atoms with Gasteiger partial charge in [-0.25, -0.2) is 4.79 Å². The average Bonchev–Trinajstić information content (AvgIpc) is 2.86. The number of nitrogens with one attached hydrogen (secondary N) is 1. The van der Waals surface area contributed by atoms with Gasteiger partial charge in [0.1, 0.15) is 12.1 Å². The number of ether oxygens (including phenoxy) is 1. The molecule has 0 unspecified atom stereocenters. The van der Waals surface area contributed by atoms with Crippen LogP contribution in [0.2, 0.25) is 0 Å². The van der Waals surface area contributed by atoms with Crippen molar-refractivity contribution in [1.29, 1.82) is 0 Å². The first-order valence-electron chi connectivity index (χ1n) is 9.68. The number of carbonyl (C=O) groups is 3. The smallest absolute Gasteiger partial charge is 0.408 e. The highest BCUT2D eigenvalue weighted by Crippen LogP contribution is 2.14. The standard InChI is InChI=1S/C21H31N3O4/c1-15-7-8-17(13-16(15)2)19(26)24-10-6-9-23(11-12-24)18(25)14-22-20(27)28-21(3,4)5/h7-8,13H,6,9-12,14H2,1-5H3,(H,22,27). The van der Waals surface area contributed by atoms with Gasteiger partial charge in [0.2, 0.25) is 5.91 Å². The number of hydrogen-bond acceptors (Lipinski definition) is 4. The monoisotopic (exact) mass is 389 g/mol. The Morgan fingerprint density at radius 2 is 1.64 bits per heavy atom. The van der Waals surface area contributed by atoms with Crippen molar-refractivity contribution in [3.05, 3.63) is 34.9 Å². The molecule has 1 saturated heterocycles. The third-order valence-corrected chi connectivity index (χ3v) is 4.67. The van der Waals surface area contributed by atoms with Crippen LogP contribution in [-0.2, 0) is 9.53 Å². The Balaban J connectivity index is 1.88. The van der Waals surface area contributed by atoms with Crippen LogP contribution in [0.4, 0.5) is 4.79 Å². The van der Waals surface area contributed by atoms with Crippen molar-refractivity contribution >= 4 is 17.9 Å². The van der Waals surface area contributed by atoms with E-state index in [4.69, 9.17) is 4.74 Å². The second-order valence-electron chi connectivity index (χ2n) is 8.18. The van der Waals surface area contributed by atoms with E-state index in [1.807, 2.05) is 32.0 Å². The molecule has 0 spiro atoms. The van der Waals surface area contributed by atoms with Crippen LogP contribution in [0.3, 0.4) is 0 Å². The lowest BCUT2D eigenvalue weighted by molar-refractivity contribution is -0.130. The molecule has 2 rings (SSSR count). The molecular weight excluding hydrogens is 358 g/mol. The van der Waals surface area contributed by atoms with Crippen LogP contribution in [0.5, 0.6) is 0 Å². The maximum absolute atomic E-state index is 12.8. The van der Waals surface area contributed by atoms with Crippen LogP contribution in [0.25, 0.3) is 0 Å². The van der Waals surface area contributed by atoms with Gasteiger partial charge >= 0.3 is 6.09 Å². The Morgan fingerprint density at radius 3 is 2.29 bits per heavy atom. The van der Waals surface area contributed by atoms with Crippen molar-refractivity contribution in [2.24, 2.45) is 0 Å². The number of hydrogen-bond donors (Lipinski definition) is 1. The van der Waals surface area contributed by atoms with Gasteiger partial charge in [-0.15, -0.1) is 0 Å². The van der Waals surface area contributed by atoms with Crippen LogP contribution in [0.15, 0.2) is 18.2 Å². The Bertz CT molecular complexity index is 740. The minimum absolute atomic E-state index is 0.00993. The van der Waals surface area contributed by atoms with Crippen LogP contribution < -0.4 is 5.32 Å². The molecule has 1 aromatic rings. The van der Waals surface area contributed by atoms with Gasteiger partial charge in [-0.1, -0.05) is 6.07 Å². The summed E-state index contributed by atoms with van der Waals surface area (Å²) in [5, 5.41) is 2.50. The predicted molar refractivity (Wildman–Crippen MR) is 107 cm³/mol. The van der Waals surface area contributed by atoms with Crippen molar-refractivity contribution < 1.29 is 19.1 Å². The lowest BCUT2D eigenvalue weighted by Crippen LogP contribution is -2.43. The molecule has 1 aliphatic heterocycles. The number of benzene rings is 1. The molecule has 1 heterocycles. The molecular formula is C21H31N3O4. The maximum Gasteiger partial charge on any atom is 0.408 e. The van der Waals surface area contributed by atoms with Crippen molar-refractivity contribution in [3.63, 3.8) is 0 Å². The normalized spacial score (nSPS) is 15.0. The largest absolute Gasteiger partial charge is 0.444 e. The molecule has 1 fully saturated rings. The van der Waals surface area contributed by atoms with E-state index in [-0.39, 0.29) is 18.4 Å². The summed E-state index contributed by atoms with van der Waals surface area (Å²) in [5.74, 6) is -0.185. The highest BCUT2D eigenvalue weighted by Gasteiger charge is 2.24. The SMILES string of the molecule is Cc1ccc(C(=O)N2CCCN(C(=O)CNC(=O)OC(C)(C)C)CC2)cc1C. The number of rotatable bonds is 3. The average molecular weight is 389 g/mol. The van der Waals surface area contributed by atoms with Gasteiger partial charge < -0.3 is 19.9 Å². The summed E-state index contributed by atoms with van der Waals surface area (Å²) >= 11 is 0. The van der Waals surface area contributed by atoms with Crippen molar-refractivity contribution in [2.45, 2.75) is 46.6 Å². The summed E-state index contributed by atoms with van der Waals surface area (Å²) in [4.78, 5) is 40.4. The second-order valence-corrected chi connectivity index (χ2v) is 8.18. The minimum Gasteiger partial charge on any atom is -0.444 e. The quantitative estimate of drug-likeness (QED) is 0.861. The zero-order chi connectivity index (χ0) is 20.9. The highest BCUT2D eigenvalue weighted by molar-refractivity contribution is 5.94. The van der Waals surface area contributed by atoms with E-state index in [1.165, 1.54) is 0 Å². The minimum atomic E-state index is -0.609. The van der Waals surface area contributed by atoms with E-state index in [2.05, 4.69) is 5.32 Å². The van der Waals surface area contributed by atoms with Crippen molar-refractivity contribution in [2.75, 3.05) is 32.7 Å². The Hall–Kier alpha value is -2.57. The molecule has 0 radical (unpaired) electrons. The molecule has 1 aromatic carbocycles. The second kappa shape index (κ2) is 9.08. The van der Waals surface area contributed by atoms with E-state index in [1.54, 1.807) is 30.6 Å². The molecule has 0 atom stereocenters. The van der Waals surface area contributed by atoms with Crippen LogP contribution in [0, 0.1) is 13.8 Å². The summed E-state index contributed by atoms with van der Waals surface area (Å²) in [6.07, 6.45) is 0.0941. The Morgan fingerprint density at radius 1 is 1.00 bits per heavy atom. The lowest BCUT2D eigenvalue weighted by atomic mass is 10.1. The molecule has 7 nitrogen and oxygen atoms in total. The Labute approximate surface area is 167 Å². The van der Waals surface area contributed by atoms with E-state index in [0.29, 0.717) is 38.2 Å². The fraction of sp³-hybridized carbons (Fsp3) is 0.571. The third-order valence-electron chi connectivity index (χ3n) is 4.67. The van der Waals surface area contributed by atoms with Gasteiger partial charge in [0.15, 0.2) is 0 Å². The van der Waals surface area contributed by atoms with Gasteiger partial charge in [-0.05, 0) is 64.3 Å². The molecule has 1 aliphatic rings. The van der Waals surface area contributed by atoms with Gasteiger partial charge in [0, 0.05) is 31.7 Å². The first kappa shape index (κ1) is 21.7. The summed E-state index contributed by atoms with van der Waals surface area (Å²) in [7, 11) is 0. The van der Waals surface area contributed by atoms with Crippen molar-refractivity contribution in [1.82, 2.24) is 15.1 Å². The third kappa shape index (κ3) is 6.25. The number of amides is 3.